The molecule has 1 fully saturated rings. The molecule has 0 aliphatic carbocycles. The van der Waals surface area contributed by atoms with Crippen molar-refractivity contribution in [3.63, 3.8) is 0 Å². The molecule has 1 aromatic carbocycles. The van der Waals surface area contributed by atoms with E-state index in [-0.39, 0.29) is 24.7 Å². The van der Waals surface area contributed by atoms with Crippen molar-refractivity contribution in [3.8, 4) is 5.75 Å². The maximum Gasteiger partial charge on any atom is 0.328 e. The fourth-order valence-corrected chi connectivity index (χ4v) is 3.51. The van der Waals surface area contributed by atoms with Crippen LogP contribution in [0.5, 0.6) is 5.75 Å². The van der Waals surface area contributed by atoms with Crippen LogP contribution in [0.1, 0.15) is 11.3 Å². The van der Waals surface area contributed by atoms with E-state index in [1.165, 1.54) is 35.5 Å². The van der Waals surface area contributed by atoms with Crippen molar-refractivity contribution in [1.29, 1.82) is 0 Å². The van der Waals surface area contributed by atoms with Gasteiger partial charge in [0.25, 0.3) is 0 Å². The molecule has 2 unspecified atom stereocenters. The molecule has 0 saturated carbocycles. The van der Waals surface area contributed by atoms with Crippen LogP contribution in [0.3, 0.4) is 0 Å². The number of thiophene rings is 1. The number of nitrogens with one attached hydrogen (secondary N) is 1. The minimum Gasteiger partial charge on any atom is -0.485 e. The Hall–Kier alpha value is -2.61. The lowest BCUT2D eigenvalue weighted by Gasteiger charge is -2.22. The van der Waals surface area contributed by atoms with Crippen LogP contribution in [0.15, 0.2) is 41.8 Å². The Kier molecular flexibility index (Phi) is 5.72. The molecular formula is C18H19FN2O4S. The summed E-state index contributed by atoms with van der Waals surface area (Å²) in [6, 6.07) is 8.72. The number of benzene rings is 1. The van der Waals surface area contributed by atoms with Gasteiger partial charge in [-0.15, -0.1) is 11.3 Å². The SMILES string of the molecule is COC(=O)C1CC(Oc2ccccc2F)CN1C(=O)NCc1cccs1. The number of hydrogen-bond donors (Lipinski definition) is 1. The van der Waals surface area contributed by atoms with E-state index in [9.17, 15) is 14.0 Å². The quantitative estimate of drug-likeness (QED) is 0.813. The Morgan fingerprint density at radius 3 is 2.81 bits per heavy atom. The molecule has 2 amide bonds. The van der Waals surface area contributed by atoms with E-state index in [0.717, 1.165) is 4.88 Å². The summed E-state index contributed by atoms with van der Waals surface area (Å²) >= 11 is 1.53. The van der Waals surface area contributed by atoms with E-state index < -0.39 is 23.9 Å². The average Bonchev–Trinajstić information content (AvgIpc) is 3.31. The van der Waals surface area contributed by atoms with Gasteiger partial charge in [0.15, 0.2) is 11.6 Å². The number of rotatable bonds is 5. The lowest BCUT2D eigenvalue weighted by atomic mass is 10.2. The minimum absolute atomic E-state index is 0.0990. The predicted octanol–water partition coefficient (Wildman–Crippen LogP) is 2.79. The number of halogens is 1. The lowest BCUT2D eigenvalue weighted by Crippen LogP contribution is -2.46. The topological polar surface area (TPSA) is 67.9 Å². The molecular weight excluding hydrogens is 359 g/mol. The van der Waals surface area contributed by atoms with Gasteiger partial charge < -0.3 is 19.7 Å². The van der Waals surface area contributed by atoms with E-state index >= 15 is 0 Å². The number of para-hydroxylation sites is 1. The van der Waals surface area contributed by atoms with Crippen molar-refractivity contribution in [3.05, 3.63) is 52.5 Å². The molecule has 2 atom stereocenters. The zero-order valence-electron chi connectivity index (χ0n) is 14.2. The number of urea groups is 1. The van der Waals surface area contributed by atoms with Crippen molar-refractivity contribution in [2.24, 2.45) is 0 Å². The minimum atomic E-state index is -0.764. The van der Waals surface area contributed by atoms with Gasteiger partial charge in [0.05, 0.1) is 20.2 Å². The van der Waals surface area contributed by atoms with Crippen LogP contribution < -0.4 is 10.1 Å². The number of likely N-dealkylation sites (tertiary alicyclic amines) is 1. The Balaban J connectivity index is 1.67. The van der Waals surface area contributed by atoms with Gasteiger partial charge in [0, 0.05) is 11.3 Å². The molecule has 1 aromatic heterocycles. The first-order valence-electron chi connectivity index (χ1n) is 8.14. The van der Waals surface area contributed by atoms with Crippen LogP contribution in [0.4, 0.5) is 9.18 Å². The second-order valence-electron chi connectivity index (χ2n) is 5.84. The first kappa shape index (κ1) is 18.2. The fourth-order valence-electron chi connectivity index (χ4n) is 2.86. The summed E-state index contributed by atoms with van der Waals surface area (Å²) in [5, 5.41) is 4.72. The third-order valence-electron chi connectivity index (χ3n) is 4.12. The third kappa shape index (κ3) is 4.13. The predicted molar refractivity (Wildman–Crippen MR) is 94.5 cm³/mol. The van der Waals surface area contributed by atoms with E-state index in [0.29, 0.717) is 6.54 Å². The van der Waals surface area contributed by atoms with Gasteiger partial charge in [-0.2, -0.15) is 0 Å². The van der Waals surface area contributed by atoms with Crippen molar-refractivity contribution in [1.82, 2.24) is 10.2 Å². The first-order chi connectivity index (χ1) is 12.6. The highest BCUT2D eigenvalue weighted by atomic mass is 32.1. The van der Waals surface area contributed by atoms with E-state index in [1.54, 1.807) is 12.1 Å². The third-order valence-corrected chi connectivity index (χ3v) is 5.00. The lowest BCUT2D eigenvalue weighted by molar-refractivity contribution is -0.145. The second-order valence-corrected chi connectivity index (χ2v) is 6.87. The molecule has 1 N–H and O–H groups in total. The van der Waals surface area contributed by atoms with Gasteiger partial charge in [0.1, 0.15) is 12.1 Å². The molecule has 0 bridgehead atoms. The van der Waals surface area contributed by atoms with Crippen molar-refractivity contribution < 1.29 is 23.5 Å². The summed E-state index contributed by atoms with van der Waals surface area (Å²) in [5.74, 6) is -0.902. The molecule has 1 aliphatic heterocycles. The van der Waals surface area contributed by atoms with E-state index in [2.05, 4.69) is 5.32 Å². The zero-order valence-corrected chi connectivity index (χ0v) is 15.0. The van der Waals surface area contributed by atoms with Gasteiger partial charge >= 0.3 is 12.0 Å². The van der Waals surface area contributed by atoms with Gasteiger partial charge in [-0.05, 0) is 23.6 Å². The second kappa shape index (κ2) is 8.18. The summed E-state index contributed by atoms with van der Waals surface area (Å²) in [4.78, 5) is 27.0. The standard InChI is InChI=1S/C18H19FN2O4S/c1-24-17(22)15-9-12(25-16-7-3-2-6-14(16)19)11-21(15)18(23)20-10-13-5-4-8-26-13/h2-8,12,15H,9-11H2,1H3,(H,20,23). The monoisotopic (exact) mass is 378 g/mol. The number of amides is 2. The Labute approximate surface area is 154 Å². The van der Waals surface area contributed by atoms with Gasteiger partial charge in [0.2, 0.25) is 0 Å². The number of carbonyl (C=O) groups is 2. The van der Waals surface area contributed by atoms with Crippen LogP contribution in [0, 0.1) is 5.82 Å². The molecule has 1 aliphatic rings. The maximum atomic E-state index is 13.8. The Morgan fingerprint density at radius 1 is 1.31 bits per heavy atom. The molecule has 0 spiro atoms. The van der Waals surface area contributed by atoms with Crippen molar-refractivity contribution in [2.75, 3.05) is 13.7 Å². The molecule has 2 aromatic rings. The van der Waals surface area contributed by atoms with Crippen LogP contribution in [0.25, 0.3) is 0 Å². The highest BCUT2D eigenvalue weighted by Gasteiger charge is 2.41. The zero-order chi connectivity index (χ0) is 18.5. The van der Waals surface area contributed by atoms with Crippen molar-refractivity contribution >= 4 is 23.3 Å². The number of nitrogens with zero attached hydrogens (tertiary/aromatic N) is 1. The molecule has 26 heavy (non-hydrogen) atoms. The first-order valence-corrected chi connectivity index (χ1v) is 9.02. The van der Waals surface area contributed by atoms with E-state index in [1.807, 2.05) is 17.5 Å². The fraction of sp³-hybridized carbons (Fsp3) is 0.333. The largest absolute Gasteiger partial charge is 0.485 e. The molecule has 138 valence electrons. The van der Waals surface area contributed by atoms with Gasteiger partial charge in [-0.1, -0.05) is 18.2 Å². The smallest absolute Gasteiger partial charge is 0.328 e. The van der Waals surface area contributed by atoms with Gasteiger partial charge in [-0.25, -0.2) is 14.0 Å². The van der Waals surface area contributed by atoms with Crippen molar-refractivity contribution in [2.45, 2.75) is 25.1 Å². The number of ether oxygens (including phenoxy) is 2. The number of methoxy groups -OCH3 is 1. The summed E-state index contributed by atoms with van der Waals surface area (Å²) in [5.41, 5.74) is 0. The van der Waals surface area contributed by atoms with Crippen LogP contribution in [-0.4, -0.2) is 42.7 Å². The molecule has 2 heterocycles. The molecule has 6 nitrogen and oxygen atoms in total. The number of carbonyl (C=O) groups excluding carboxylic acids is 2. The number of hydrogen-bond acceptors (Lipinski definition) is 5. The highest BCUT2D eigenvalue weighted by molar-refractivity contribution is 7.09. The van der Waals surface area contributed by atoms with E-state index in [4.69, 9.17) is 9.47 Å². The maximum absolute atomic E-state index is 13.8. The van der Waals surface area contributed by atoms with Crippen LogP contribution in [0.2, 0.25) is 0 Å². The highest BCUT2D eigenvalue weighted by Crippen LogP contribution is 2.25. The van der Waals surface area contributed by atoms with Crippen LogP contribution in [-0.2, 0) is 16.1 Å². The van der Waals surface area contributed by atoms with Gasteiger partial charge in [-0.3, -0.25) is 0 Å². The summed E-state index contributed by atoms with van der Waals surface area (Å²) in [6.45, 7) is 0.546. The molecule has 1 saturated heterocycles. The van der Waals surface area contributed by atoms with Crippen LogP contribution >= 0.6 is 11.3 Å². The number of esters is 1. The summed E-state index contributed by atoms with van der Waals surface area (Å²) in [6.07, 6.45) is -0.253. The molecule has 8 heteroatoms. The molecule has 0 radical (unpaired) electrons. The molecule has 3 rings (SSSR count). The normalized spacial score (nSPS) is 19.2. The average molecular weight is 378 g/mol. The Morgan fingerprint density at radius 2 is 2.12 bits per heavy atom. The summed E-state index contributed by atoms with van der Waals surface area (Å²) in [7, 11) is 1.27. The summed E-state index contributed by atoms with van der Waals surface area (Å²) < 4.78 is 24.2. The Bertz CT molecular complexity index is 768.